The van der Waals surface area contributed by atoms with Crippen LogP contribution >= 0.6 is 0 Å². The Morgan fingerprint density at radius 2 is 1.98 bits per heavy atom. The number of ether oxygens (including phenoxy) is 1. The fourth-order valence-electron chi connectivity index (χ4n) is 5.44. The molecule has 2 aliphatic heterocycles. The average molecular weight is 563 g/mol. The summed E-state index contributed by atoms with van der Waals surface area (Å²) < 4.78 is 20.7. The molecule has 0 spiro atoms. The standard InChI is InChI=1S/C28H31FN8O4/c1-35-12-4-7-19(35)16-41-27-33-24(26(38)32-21-9-3-6-17-5-2-8-20(29)22(17)21)23(31)25(34-27)36-13-14-37(28(39)40)18(15-36)10-11-30/h2-3,5-6,8-9,18-19H,4,7,10,12-16,31H2,1H3,(H,32,38)(H,39,40)/t18?,19-/m0/s1. The number of carbonyl (C=O) groups excluding carboxylic acids is 1. The Labute approximate surface area is 236 Å². The molecule has 41 heavy (non-hydrogen) atoms. The van der Waals surface area contributed by atoms with Crippen molar-refractivity contribution in [2.75, 3.05) is 55.8 Å². The number of fused-ring (bicyclic) bond motifs is 1. The second-order valence-electron chi connectivity index (χ2n) is 10.2. The van der Waals surface area contributed by atoms with Gasteiger partial charge in [-0.05, 0) is 44.0 Å². The van der Waals surface area contributed by atoms with Gasteiger partial charge in [-0.3, -0.25) is 4.79 Å². The number of amides is 2. The van der Waals surface area contributed by atoms with Crippen LogP contribution in [0.2, 0.25) is 0 Å². The second-order valence-corrected chi connectivity index (χ2v) is 10.2. The highest BCUT2D eigenvalue weighted by Gasteiger charge is 2.33. The van der Waals surface area contributed by atoms with Crippen LogP contribution < -0.4 is 20.7 Å². The Morgan fingerprint density at radius 3 is 2.68 bits per heavy atom. The van der Waals surface area contributed by atoms with E-state index < -0.39 is 23.9 Å². The summed E-state index contributed by atoms with van der Waals surface area (Å²) in [5.41, 5.74) is 6.54. The van der Waals surface area contributed by atoms with Crippen LogP contribution in [0.5, 0.6) is 6.01 Å². The lowest BCUT2D eigenvalue weighted by Crippen LogP contribution is -2.55. The van der Waals surface area contributed by atoms with Crippen LogP contribution in [0.15, 0.2) is 36.4 Å². The van der Waals surface area contributed by atoms with Crippen LogP contribution in [0.3, 0.4) is 0 Å². The minimum atomic E-state index is -1.12. The molecule has 2 atom stereocenters. The molecule has 0 aliphatic carbocycles. The number of hydrogen-bond donors (Lipinski definition) is 3. The zero-order valence-electron chi connectivity index (χ0n) is 22.6. The number of carbonyl (C=O) groups is 2. The number of halogens is 1. The summed E-state index contributed by atoms with van der Waals surface area (Å²) in [7, 11) is 2.01. The number of nitrogens with two attached hydrogens (primary N) is 1. The molecule has 214 valence electrons. The topological polar surface area (TPSA) is 161 Å². The Balaban J connectivity index is 1.49. The van der Waals surface area contributed by atoms with Gasteiger partial charge >= 0.3 is 12.1 Å². The van der Waals surface area contributed by atoms with Crippen molar-refractivity contribution in [1.29, 1.82) is 5.26 Å². The molecule has 12 nitrogen and oxygen atoms in total. The average Bonchev–Trinajstić information content (AvgIpc) is 3.37. The van der Waals surface area contributed by atoms with Gasteiger partial charge < -0.3 is 35.6 Å². The van der Waals surface area contributed by atoms with Gasteiger partial charge in [-0.1, -0.05) is 24.3 Å². The quantitative estimate of drug-likeness (QED) is 0.390. The van der Waals surface area contributed by atoms with Crippen molar-refractivity contribution in [1.82, 2.24) is 19.8 Å². The van der Waals surface area contributed by atoms with Crippen LogP contribution in [-0.2, 0) is 0 Å². The normalized spacial score (nSPS) is 19.2. The lowest BCUT2D eigenvalue weighted by Gasteiger charge is -2.40. The molecule has 1 aromatic heterocycles. The van der Waals surface area contributed by atoms with Gasteiger partial charge in [-0.25, -0.2) is 9.18 Å². The van der Waals surface area contributed by atoms with Crippen LogP contribution in [0.4, 0.5) is 26.4 Å². The molecule has 2 fully saturated rings. The zero-order chi connectivity index (χ0) is 29.1. The molecule has 3 aromatic rings. The van der Waals surface area contributed by atoms with Gasteiger partial charge in [0.1, 0.15) is 18.1 Å². The van der Waals surface area contributed by atoms with Crippen LogP contribution in [0.25, 0.3) is 10.8 Å². The van der Waals surface area contributed by atoms with Gasteiger partial charge in [0.05, 0.1) is 24.2 Å². The summed E-state index contributed by atoms with van der Waals surface area (Å²) in [5.74, 6) is -0.959. The molecule has 13 heteroatoms. The van der Waals surface area contributed by atoms with Gasteiger partial charge in [0.2, 0.25) is 0 Å². The predicted molar refractivity (Wildman–Crippen MR) is 150 cm³/mol. The van der Waals surface area contributed by atoms with Crippen molar-refractivity contribution in [3.8, 4) is 12.1 Å². The Kier molecular flexibility index (Phi) is 8.02. The summed E-state index contributed by atoms with van der Waals surface area (Å²) in [6.07, 6.45) is 0.853. The first-order valence-electron chi connectivity index (χ1n) is 13.4. The molecule has 4 N–H and O–H groups in total. The maximum absolute atomic E-state index is 14.7. The van der Waals surface area contributed by atoms with E-state index in [1.165, 1.54) is 11.0 Å². The van der Waals surface area contributed by atoms with Crippen molar-refractivity contribution in [3.63, 3.8) is 0 Å². The number of carboxylic acid groups (broad SMARTS) is 1. The number of hydrogen-bond acceptors (Lipinski definition) is 9. The van der Waals surface area contributed by atoms with Crippen molar-refractivity contribution < 1.29 is 23.8 Å². The fourth-order valence-corrected chi connectivity index (χ4v) is 5.44. The first kappa shape index (κ1) is 27.9. The number of nitrogens with one attached hydrogen (secondary N) is 1. The number of aromatic nitrogens is 2. The Morgan fingerprint density at radius 1 is 1.20 bits per heavy atom. The molecule has 2 aromatic carbocycles. The van der Waals surface area contributed by atoms with E-state index in [0.29, 0.717) is 12.0 Å². The second kappa shape index (κ2) is 11.8. The smallest absolute Gasteiger partial charge is 0.407 e. The van der Waals surface area contributed by atoms with E-state index in [2.05, 4.69) is 20.2 Å². The molecule has 2 amide bonds. The number of piperazine rings is 1. The highest BCUT2D eigenvalue weighted by molar-refractivity contribution is 6.11. The lowest BCUT2D eigenvalue weighted by molar-refractivity contribution is 0.102. The number of nitrogens with zero attached hydrogens (tertiary/aromatic N) is 6. The zero-order valence-corrected chi connectivity index (χ0v) is 22.6. The Hall–Kier alpha value is -4.70. The number of benzene rings is 2. The Bertz CT molecular complexity index is 1510. The predicted octanol–water partition coefficient (Wildman–Crippen LogP) is 3.16. The monoisotopic (exact) mass is 562 g/mol. The van der Waals surface area contributed by atoms with E-state index in [1.807, 2.05) is 13.1 Å². The van der Waals surface area contributed by atoms with Crippen molar-refractivity contribution in [2.45, 2.75) is 31.3 Å². The van der Waals surface area contributed by atoms with E-state index in [0.717, 1.165) is 19.4 Å². The minimum absolute atomic E-state index is 0.0227. The maximum atomic E-state index is 14.7. The molecule has 1 unspecified atom stereocenters. The fraction of sp³-hybridized carbons (Fsp3) is 0.393. The number of likely N-dealkylation sites (N-methyl/N-ethyl adjacent to an activating group) is 1. The van der Waals surface area contributed by atoms with Crippen LogP contribution in [0, 0.1) is 17.1 Å². The highest BCUT2D eigenvalue weighted by Crippen LogP contribution is 2.31. The summed E-state index contributed by atoms with van der Waals surface area (Å²) in [5, 5.41) is 22.5. The SMILES string of the molecule is CN1CCC[C@H]1COc1nc(C(=O)Nc2cccc3cccc(F)c23)c(N)c(N2CCN(C(=O)O)C(CC#N)C2)n1. The number of rotatable bonds is 7. The van der Waals surface area contributed by atoms with Crippen molar-refractivity contribution in [3.05, 3.63) is 47.9 Å². The van der Waals surface area contributed by atoms with Crippen molar-refractivity contribution >= 4 is 40.0 Å². The first-order valence-corrected chi connectivity index (χ1v) is 13.4. The number of nitriles is 1. The van der Waals surface area contributed by atoms with Gasteiger partial charge in [0, 0.05) is 31.1 Å². The highest BCUT2D eigenvalue weighted by atomic mass is 19.1. The third-order valence-corrected chi connectivity index (χ3v) is 7.65. The molecule has 0 bridgehead atoms. The number of likely N-dealkylation sites (tertiary alicyclic amines) is 1. The molecule has 2 aliphatic rings. The van der Waals surface area contributed by atoms with Gasteiger partial charge in [-0.15, -0.1) is 0 Å². The van der Waals surface area contributed by atoms with E-state index in [4.69, 9.17) is 10.5 Å². The molecular weight excluding hydrogens is 531 g/mol. The molecule has 0 saturated carbocycles. The van der Waals surface area contributed by atoms with Gasteiger partial charge in [-0.2, -0.15) is 15.2 Å². The number of anilines is 3. The summed E-state index contributed by atoms with van der Waals surface area (Å²) in [6, 6.07) is 11.2. The van der Waals surface area contributed by atoms with E-state index >= 15 is 0 Å². The number of nitrogen functional groups attached to an aromatic ring is 1. The van der Waals surface area contributed by atoms with E-state index in [-0.39, 0.29) is 66.4 Å². The third-order valence-electron chi connectivity index (χ3n) is 7.65. The third kappa shape index (κ3) is 5.78. The summed E-state index contributed by atoms with van der Waals surface area (Å²) >= 11 is 0. The molecule has 0 radical (unpaired) electrons. The maximum Gasteiger partial charge on any atom is 0.407 e. The van der Waals surface area contributed by atoms with Gasteiger partial charge in [0.15, 0.2) is 11.5 Å². The van der Waals surface area contributed by atoms with Crippen molar-refractivity contribution in [2.24, 2.45) is 0 Å². The van der Waals surface area contributed by atoms with E-state index in [9.17, 15) is 24.3 Å². The molecule has 5 rings (SSSR count). The first-order chi connectivity index (χ1) is 19.8. The molecule has 3 heterocycles. The van der Waals surface area contributed by atoms with E-state index in [1.54, 1.807) is 35.2 Å². The van der Waals surface area contributed by atoms with Crippen LogP contribution in [0.1, 0.15) is 29.8 Å². The van der Waals surface area contributed by atoms with Crippen LogP contribution in [-0.4, -0.2) is 88.8 Å². The van der Waals surface area contributed by atoms with Gasteiger partial charge in [0.25, 0.3) is 5.91 Å². The summed E-state index contributed by atoms with van der Waals surface area (Å²) in [4.78, 5) is 39.3. The molecule has 2 saturated heterocycles. The lowest BCUT2D eigenvalue weighted by atomic mass is 10.1. The molecular formula is C28H31FN8O4. The minimum Gasteiger partial charge on any atom is -0.465 e. The largest absolute Gasteiger partial charge is 0.465 e. The summed E-state index contributed by atoms with van der Waals surface area (Å²) in [6.45, 7) is 1.74.